The first-order valence-electron chi connectivity index (χ1n) is 9.63. The van der Waals surface area contributed by atoms with Crippen LogP contribution in [-0.4, -0.2) is 27.2 Å². The zero-order valence-electron chi connectivity index (χ0n) is 15.9. The zero-order chi connectivity index (χ0) is 19.0. The van der Waals surface area contributed by atoms with Crippen molar-refractivity contribution in [1.82, 2.24) is 4.90 Å². The van der Waals surface area contributed by atoms with Crippen molar-refractivity contribution in [1.29, 1.82) is 0 Å². The molecule has 1 heterocycles. The maximum absolute atomic E-state index is 13.5. The van der Waals surface area contributed by atoms with Gasteiger partial charge < -0.3 is 0 Å². The number of thiocarbonyl (C=S) groups is 1. The summed E-state index contributed by atoms with van der Waals surface area (Å²) in [5, 5.41) is 0. The molecule has 0 atom stereocenters. The van der Waals surface area contributed by atoms with Crippen molar-refractivity contribution < 1.29 is 4.79 Å². The third-order valence-electron chi connectivity index (χ3n) is 5.56. The van der Waals surface area contributed by atoms with E-state index in [2.05, 4.69) is 19.1 Å². The Hall–Kier alpha value is -2.33. The van der Waals surface area contributed by atoms with E-state index in [-0.39, 0.29) is 5.91 Å². The molecule has 1 aliphatic carbocycles. The van der Waals surface area contributed by atoms with Gasteiger partial charge in [0.25, 0.3) is 5.91 Å². The summed E-state index contributed by atoms with van der Waals surface area (Å²) in [6.45, 7) is 4.07. The Morgan fingerprint density at radius 1 is 1.00 bits per heavy atom. The minimum absolute atomic E-state index is 0.0306. The second kappa shape index (κ2) is 7.01. The number of nitrogens with zero attached hydrogens (tertiary/aromatic N) is 2. The van der Waals surface area contributed by atoms with Crippen LogP contribution in [0, 0.1) is 13.8 Å². The highest BCUT2D eigenvalue weighted by Gasteiger charge is 2.48. The molecule has 4 rings (SSSR count). The van der Waals surface area contributed by atoms with Crippen LogP contribution < -0.4 is 0 Å². The molecule has 1 fully saturated rings. The van der Waals surface area contributed by atoms with Crippen LogP contribution in [0.3, 0.4) is 0 Å². The van der Waals surface area contributed by atoms with Gasteiger partial charge in [-0.1, -0.05) is 60.1 Å². The van der Waals surface area contributed by atoms with Crippen molar-refractivity contribution >= 4 is 28.8 Å². The molecule has 2 aliphatic rings. The van der Waals surface area contributed by atoms with Gasteiger partial charge in [0.1, 0.15) is 16.4 Å². The van der Waals surface area contributed by atoms with E-state index in [0.29, 0.717) is 10.6 Å². The summed E-state index contributed by atoms with van der Waals surface area (Å²) in [5.74, 6) is -0.0306. The average Bonchev–Trinajstić information content (AvgIpc) is 2.93. The number of benzene rings is 2. The lowest BCUT2D eigenvalue weighted by atomic mass is 9.88. The predicted octanol–water partition coefficient (Wildman–Crippen LogP) is 5.24. The fraction of sp³-hybridized carbons (Fsp3) is 0.348. The van der Waals surface area contributed by atoms with Gasteiger partial charge in [-0.3, -0.25) is 14.7 Å². The number of aliphatic imine (C=N–C) groups is 1. The molecule has 0 aromatic heterocycles. The van der Waals surface area contributed by atoms with Gasteiger partial charge in [-0.2, -0.15) is 0 Å². The van der Waals surface area contributed by atoms with E-state index in [9.17, 15) is 4.79 Å². The Morgan fingerprint density at radius 3 is 2.33 bits per heavy atom. The molecule has 27 heavy (non-hydrogen) atoms. The number of hydrogen-bond donors (Lipinski definition) is 0. The summed E-state index contributed by atoms with van der Waals surface area (Å²) >= 11 is 5.82. The van der Waals surface area contributed by atoms with E-state index in [4.69, 9.17) is 17.2 Å². The Balaban J connectivity index is 1.79. The molecule has 2 aromatic carbocycles. The topological polar surface area (TPSA) is 32.7 Å². The smallest absolute Gasteiger partial charge is 0.260 e. The minimum atomic E-state index is -0.519. The van der Waals surface area contributed by atoms with Gasteiger partial charge in [0, 0.05) is 11.1 Å². The van der Waals surface area contributed by atoms with Gasteiger partial charge in [-0.25, -0.2) is 0 Å². The molecule has 0 radical (unpaired) electrons. The molecule has 1 aliphatic heterocycles. The molecule has 0 saturated heterocycles. The van der Waals surface area contributed by atoms with E-state index in [1.165, 1.54) is 12.0 Å². The van der Waals surface area contributed by atoms with Gasteiger partial charge in [-0.15, -0.1) is 0 Å². The molecule has 0 N–H and O–H groups in total. The van der Waals surface area contributed by atoms with Crippen LogP contribution in [0.4, 0.5) is 0 Å². The minimum Gasteiger partial charge on any atom is -0.271 e. The first kappa shape index (κ1) is 18.1. The predicted molar refractivity (Wildman–Crippen MR) is 113 cm³/mol. The maximum atomic E-state index is 13.5. The summed E-state index contributed by atoms with van der Waals surface area (Å²) in [6, 6.07) is 16.0. The van der Waals surface area contributed by atoms with Crippen molar-refractivity contribution in [3.8, 4) is 0 Å². The Kier molecular flexibility index (Phi) is 4.68. The van der Waals surface area contributed by atoms with Crippen molar-refractivity contribution in [2.24, 2.45) is 4.99 Å². The van der Waals surface area contributed by atoms with Crippen LogP contribution in [0.5, 0.6) is 0 Å². The monoisotopic (exact) mass is 376 g/mol. The van der Waals surface area contributed by atoms with Gasteiger partial charge in [-0.05, 0) is 57.7 Å². The molecule has 0 bridgehead atoms. The van der Waals surface area contributed by atoms with Crippen LogP contribution in [0.15, 0.2) is 53.5 Å². The molecule has 3 nitrogen and oxygen atoms in total. The second-order valence-electron chi connectivity index (χ2n) is 7.69. The van der Waals surface area contributed by atoms with Gasteiger partial charge in [0.2, 0.25) is 0 Å². The number of hydrogen-bond acceptors (Lipinski definition) is 3. The Morgan fingerprint density at radius 2 is 1.67 bits per heavy atom. The fourth-order valence-electron chi connectivity index (χ4n) is 4.22. The van der Waals surface area contributed by atoms with Crippen LogP contribution in [0.2, 0.25) is 0 Å². The number of carbonyl (C=O) groups excluding carboxylic acids is 1. The lowest BCUT2D eigenvalue weighted by molar-refractivity contribution is 0.0648. The van der Waals surface area contributed by atoms with Crippen molar-refractivity contribution in [2.45, 2.75) is 51.6 Å². The van der Waals surface area contributed by atoms with Crippen molar-refractivity contribution in [3.05, 3.63) is 70.8 Å². The molecule has 138 valence electrons. The standard InChI is InChI=1S/C23H24N2OS/c1-16-8-6-10-18(14-16)20-22(27)25(23(24-20)12-4-3-5-13-23)21(26)19-11-7-9-17(2)15-19/h6-11,14-15H,3-5,12-13H2,1-2H3. The van der Waals surface area contributed by atoms with Crippen molar-refractivity contribution in [3.63, 3.8) is 0 Å². The van der Waals surface area contributed by atoms with Gasteiger partial charge in [0.15, 0.2) is 0 Å². The van der Waals surface area contributed by atoms with E-state index < -0.39 is 5.66 Å². The van der Waals surface area contributed by atoms with Crippen LogP contribution >= 0.6 is 12.2 Å². The maximum Gasteiger partial charge on any atom is 0.260 e. The zero-order valence-corrected chi connectivity index (χ0v) is 16.7. The largest absolute Gasteiger partial charge is 0.271 e. The van der Waals surface area contributed by atoms with E-state index in [1.54, 1.807) is 0 Å². The highest BCUT2D eigenvalue weighted by molar-refractivity contribution is 7.82. The normalized spacial score (nSPS) is 18.7. The van der Waals surface area contributed by atoms with E-state index in [1.807, 2.05) is 48.2 Å². The van der Waals surface area contributed by atoms with E-state index in [0.717, 1.165) is 42.5 Å². The van der Waals surface area contributed by atoms with E-state index >= 15 is 0 Å². The molecule has 2 aromatic rings. The first-order chi connectivity index (χ1) is 13.0. The summed E-state index contributed by atoms with van der Waals surface area (Å²) in [7, 11) is 0. The lowest BCUT2D eigenvalue weighted by Gasteiger charge is -2.38. The first-order valence-corrected chi connectivity index (χ1v) is 10.0. The summed E-state index contributed by atoms with van der Waals surface area (Å²) in [5.41, 5.74) is 4.20. The molecule has 0 unspecified atom stereocenters. The SMILES string of the molecule is Cc1cccc(C(=O)N2C(=S)C(c3cccc(C)c3)=NC23CCCCC3)c1. The molecule has 1 spiro atoms. The highest BCUT2D eigenvalue weighted by atomic mass is 32.1. The van der Waals surface area contributed by atoms with Gasteiger partial charge in [0.05, 0.1) is 0 Å². The number of rotatable bonds is 2. The molecule has 1 amide bonds. The Labute approximate surface area is 166 Å². The average molecular weight is 377 g/mol. The summed E-state index contributed by atoms with van der Waals surface area (Å²) in [6.07, 6.45) is 5.09. The molecular weight excluding hydrogens is 352 g/mol. The lowest BCUT2D eigenvalue weighted by Crippen LogP contribution is -2.50. The van der Waals surface area contributed by atoms with Crippen LogP contribution in [0.1, 0.15) is 59.2 Å². The third-order valence-corrected chi connectivity index (χ3v) is 5.93. The highest BCUT2D eigenvalue weighted by Crippen LogP contribution is 2.41. The molecule has 1 saturated carbocycles. The van der Waals surface area contributed by atoms with Crippen LogP contribution in [-0.2, 0) is 0 Å². The number of amides is 1. The van der Waals surface area contributed by atoms with Crippen molar-refractivity contribution in [2.75, 3.05) is 0 Å². The Bertz CT molecular complexity index is 941. The summed E-state index contributed by atoms with van der Waals surface area (Å²) < 4.78 is 0. The number of aryl methyl sites for hydroxylation is 2. The number of carbonyl (C=O) groups is 1. The van der Waals surface area contributed by atoms with Gasteiger partial charge >= 0.3 is 0 Å². The quantitative estimate of drug-likeness (QED) is 0.672. The molecular formula is C23H24N2OS. The fourth-order valence-corrected chi connectivity index (χ4v) is 4.64. The third kappa shape index (κ3) is 3.23. The second-order valence-corrected chi connectivity index (χ2v) is 8.07. The summed E-state index contributed by atoms with van der Waals surface area (Å²) in [4.78, 5) is 21.0. The molecule has 4 heteroatoms. The van der Waals surface area contributed by atoms with Crippen LogP contribution in [0.25, 0.3) is 0 Å².